The van der Waals surface area contributed by atoms with Gasteiger partial charge in [0.15, 0.2) is 0 Å². The Morgan fingerprint density at radius 3 is 3.29 bits per heavy atom. The van der Waals surface area contributed by atoms with Crippen molar-refractivity contribution < 1.29 is 9.53 Å². The number of hydrogen-bond acceptors (Lipinski definition) is 2. The lowest BCUT2D eigenvalue weighted by atomic mass is 10.1. The van der Waals surface area contributed by atoms with Crippen molar-refractivity contribution in [3.8, 4) is 0 Å². The van der Waals surface area contributed by atoms with Crippen LogP contribution in [0.5, 0.6) is 0 Å². The molecule has 0 saturated carbocycles. The highest BCUT2D eigenvalue weighted by molar-refractivity contribution is 5.93. The van der Waals surface area contributed by atoms with Gasteiger partial charge in [0, 0.05) is 24.0 Å². The molecular weight excluding hydrogens is 178 g/mol. The van der Waals surface area contributed by atoms with Gasteiger partial charge in [-0.2, -0.15) is 0 Å². The van der Waals surface area contributed by atoms with Crippen LogP contribution in [0.2, 0.25) is 0 Å². The van der Waals surface area contributed by atoms with Gasteiger partial charge in [0.2, 0.25) is 0 Å². The average Bonchev–Trinajstić information content (AvgIpc) is 2.64. The van der Waals surface area contributed by atoms with Crippen LogP contribution in [0, 0.1) is 0 Å². The zero-order valence-electron chi connectivity index (χ0n) is 8.19. The summed E-state index contributed by atoms with van der Waals surface area (Å²) in [4.78, 5) is 11.4. The summed E-state index contributed by atoms with van der Waals surface area (Å²) < 4.78 is 7.08. The van der Waals surface area contributed by atoms with E-state index in [0.717, 1.165) is 24.2 Å². The van der Waals surface area contributed by atoms with Gasteiger partial charge in [0.05, 0.1) is 6.61 Å². The molecule has 0 fully saturated rings. The minimum absolute atomic E-state index is 0.181. The van der Waals surface area contributed by atoms with Crippen molar-refractivity contribution in [3.63, 3.8) is 0 Å². The van der Waals surface area contributed by atoms with Crippen LogP contribution in [0.3, 0.4) is 0 Å². The van der Waals surface area contributed by atoms with E-state index in [1.165, 1.54) is 0 Å². The SMILES string of the molecule is CCOC(=O)C1=Cc2cccn2CC1. The number of nitrogens with zero attached hydrogens (tertiary/aromatic N) is 1. The summed E-state index contributed by atoms with van der Waals surface area (Å²) in [5.74, 6) is -0.181. The van der Waals surface area contributed by atoms with Gasteiger partial charge >= 0.3 is 5.97 Å². The van der Waals surface area contributed by atoms with E-state index in [-0.39, 0.29) is 5.97 Å². The van der Waals surface area contributed by atoms with Crippen molar-refractivity contribution in [2.45, 2.75) is 19.9 Å². The van der Waals surface area contributed by atoms with E-state index < -0.39 is 0 Å². The van der Waals surface area contributed by atoms with Crippen molar-refractivity contribution in [2.75, 3.05) is 6.61 Å². The fourth-order valence-corrected chi connectivity index (χ4v) is 1.64. The number of hydrogen-bond donors (Lipinski definition) is 0. The fourth-order valence-electron chi connectivity index (χ4n) is 1.64. The van der Waals surface area contributed by atoms with Crippen LogP contribution in [0.4, 0.5) is 0 Å². The van der Waals surface area contributed by atoms with Gasteiger partial charge in [0.25, 0.3) is 0 Å². The third-order valence-electron chi connectivity index (χ3n) is 2.35. The molecule has 0 spiro atoms. The number of esters is 1. The molecule has 1 aliphatic heterocycles. The smallest absolute Gasteiger partial charge is 0.334 e. The number of aryl methyl sites for hydroxylation is 1. The lowest BCUT2D eigenvalue weighted by molar-refractivity contribution is -0.138. The molecule has 0 saturated heterocycles. The Hall–Kier alpha value is -1.51. The normalized spacial score (nSPS) is 14.5. The van der Waals surface area contributed by atoms with Gasteiger partial charge in [-0.1, -0.05) is 0 Å². The maximum atomic E-state index is 11.4. The van der Waals surface area contributed by atoms with Gasteiger partial charge in [-0.25, -0.2) is 4.79 Å². The van der Waals surface area contributed by atoms with Crippen LogP contribution >= 0.6 is 0 Å². The molecule has 1 aliphatic rings. The Kier molecular flexibility index (Phi) is 2.39. The lowest BCUT2D eigenvalue weighted by Crippen LogP contribution is -2.14. The van der Waals surface area contributed by atoms with E-state index in [1.54, 1.807) is 0 Å². The first-order valence-corrected chi connectivity index (χ1v) is 4.84. The number of fused-ring (bicyclic) bond motifs is 1. The third kappa shape index (κ3) is 1.58. The topological polar surface area (TPSA) is 31.2 Å². The van der Waals surface area contributed by atoms with Gasteiger partial charge in [-0.3, -0.25) is 0 Å². The van der Waals surface area contributed by atoms with Crippen molar-refractivity contribution in [1.82, 2.24) is 4.57 Å². The standard InChI is InChI=1S/C11H13NO2/c1-2-14-11(13)9-5-7-12-6-3-4-10(12)8-9/h3-4,6,8H,2,5,7H2,1H3. The summed E-state index contributed by atoms with van der Waals surface area (Å²) in [6.07, 6.45) is 4.69. The molecule has 0 aromatic carbocycles. The van der Waals surface area contributed by atoms with Crippen LogP contribution in [-0.4, -0.2) is 17.1 Å². The predicted octanol–water partition coefficient (Wildman–Crippen LogP) is 1.84. The fraction of sp³-hybridized carbons (Fsp3) is 0.364. The first kappa shape index (κ1) is 9.06. The van der Waals surface area contributed by atoms with Crippen LogP contribution in [0.15, 0.2) is 23.9 Å². The van der Waals surface area contributed by atoms with Gasteiger partial charge in [-0.05, 0) is 31.6 Å². The summed E-state index contributed by atoms with van der Waals surface area (Å²) in [5, 5.41) is 0. The Labute approximate surface area is 83.0 Å². The van der Waals surface area contributed by atoms with E-state index in [1.807, 2.05) is 31.3 Å². The molecular formula is C11H13NO2. The second-order valence-corrected chi connectivity index (χ2v) is 3.27. The van der Waals surface area contributed by atoms with Crippen LogP contribution in [0.1, 0.15) is 19.0 Å². The minimum atomic E-state index is -0.181. The van der Waals surface area contributed by atoms with E-state index in [2.05, 4.69) is 4.57 Å². The third-order valence-corrected chi connectivity index (χ3v) is 2.35. The van der Waals surface area contributed by atoms with Crippen LogP contribution in [-0.2, 0) is 16.1 Å². The van der Waals surface area contributed by atoms with Crippen molar-refractivity contribution in [3.05, 3.63) is 29.6 Å². The van der Waals surface area contributed by atoms with Gasteiger partial charge in [-0.15, -0.1) is 0 Å². The molecule has 3 heteroatoms. The van der Waals surface area contributed by atoms with Crippen molar-refractivity contribution in [2.24, 2.45) is 0 Å². The molecule has 0 unspecified atom stereocenters. The van der Waals surface area contributed by atoms with Crippen molar-refractivity contribution in [1.29, 1.82) is 0 Å². The first-order valence-electron chi connectivity index (χ1n) is 4.84. The molecule has 0 aliphatic carbocycles. The number of ether oxygens (including phenoxy) is 1. The number of carbonyl (C=O) groups excluding carboxylic acids is 1. The largest absolute Gasteiger partial charge is 0.463 e. The van der Waals surface area contributed by atoms with E-state index in [4.69, 9.17) is 4.74 Å². The quantitative estimate of drug-likeness (QED) is 0.668. The number of rotatable bonds is 2. The summed E-state index contributed by atoms with van der Waals surface area (Å²) in [6, 6.07) is 3.98. The van der Waals surface area contributed by atoms with E-state index in [0.29, 0.717) is 6.61 Å². The first-order chi connectivity index (χ1) is 6.81. The van der Waals surface area contributed by atoms with Crippen LogP contribution < -0.4 is 0 Å². The second-order valence-electron chi connectivity index (χ2n) is 3.27. The lowest BCUT2D eigenvalue weighted by Gasteiger charge is -2.14. The highest BCUT2D eigenvalue weighted by Crippen LogP contribution is 2.19. The maximum Gasteiger partial charge on any atom is 0.334 e. The molecule has 0 amide bonds. The van der Waals surface area contributed by atoms with Crippen LogP contribution in [0.25, 0.3) is 6.08 Å². The van der Waals surface area contributed by atoms with Gasteiger partial charge in [0.1, 0.15) is 0 Å². The van der Waals surface area contributed by atoms with E-state index >= 15 is 0 Å². The summed E-state index contributed by atoms with van der Waals surface area (Å²) in [5.41, 5.74) is 1.86. The summed E-state index contributed by atoms with van der Waals surface area (Å²) in [6.45, 7) is 3.13. The molecule has 2 heterocycles. The number of carbonyl (C=O) groups is 1. The molecule has 1 aromatic rings. The Balaban J connectivity index is 2.20. The Morgan fingerprint density at radius 2 is 2.50 bits per heavy atom. The zero-order chi connectivity index (χ0) is 9.97. The molecule has 1 aromatic heterocycles. The summed E-state index contributed by atoms with van der Waals surface area (Å²) in [7, 11) is 0. The molecule has 2 rings (SSSR count). The molecule has 0 radical (unpaired) electrons. The van der Waals surface area contributed by atoms with Crippen molar-refractivity contribution >= 4 is 12.0 Å². The molecule has 14 heavy (non-hydrogen) atoms. The summed E-state index contributed by atoms with van der Waals surface area (Å²) >= 11 is 0. The highest BCUT2D eigenvalue weighted by atomic mass is 16.5. The highest BCUT2D eigenvalue weighted by Gasteiger charge is 2.15. The van der Waals surface area contributed by atoms with E-state index in [9.17, 15) is 4.79 Å². The second kappa shape index (κ2) is 3.70. The molecule has 3 nitrogen and oxygen atoms in total. The molecule has 0 bridgehead atoms. The molecule has 0 atom stereocenters. The molecule has 0 N–H and O–H groups in total. The minimum Gasteiger partial charge on any atom is -0.463 e. The maximum absolute atomic E-state index is 11.4. The molecule has 74 valence electrons. The monoisotopic (exact) mass is 191 g/mol. The predicted molar refractivity (Wildman–Crippen MR) is 53.7 cm³/mol. The van der Waals surface area contributed by atoms with Gasteiger partial charge < -0.3 is 9.30 Å². The zero-order valence-corrected chi connectivity index (χ0v) is 8.19. The Bertz CT molecular complexity index is 376. The average molecular weight is 191 g/mol. The number of aromatic nitrogens is 1. The Morgan fingerprint density at radius 1 is 1.64 bits per heavy atom.